The minimum absolute atomic E-state index is 0.0362. The zero-order chi connectivity index (χ0) is 32.5. The number of aromatic nitrogens is 2. The number of carbonyl (C=O) groups is 1. The van der Waals surface area contributed by atoms with Crippen LogP contribution in [0.4, 0.5) is 15.9 Å². The van der Waals surface area contributed by atoms with E-state index in [1.54, 1.807) is 37.6 Å². The van der Waals surface area contributed by atoms with Gasteiger partial charge in [-0.15, -0.1) is 0 Å². The van der Waals surface area contributed by atoms with Gasteiger partial charge in [-0.25, -0.2) is 9.37 Å². The van der Waals surface area contributed by atoms with Crippen molar-refractivity contribution in [3.63, 3.8) is 0 Å². The second-order valence-corrected chi connectivity index (χ2v) is 11.7. The summed E-state index contributed by atoms with van der Waals surface area (Å²) in [5.74, 6) is 0.401. The maximum absolute atomic E-state index is 15.2. The van der Waals surface area contributed by atoms with Crippen molar-refractivity contribution in [2.75, 3.05) is 38.7 Å². The topological polar surface area (TPSA) is 120 Å². The average Bonchev–Trinajstić information content (AvgIpc) is 3.48. The van der Waals surface area contributed by atoms with Gasteiger partial charge in [0.1, 0.15) is 5.75 Å². The first kappa shape index (κ1) is 33.6. The van der Waals surface area contributed by atoms with Gasteiger partial charge in [0, 0.05) is 66.7 Å². The Morgan fingerprint density at radius 1 is 1.02 bits per heavy atom. The fourth-order valence-electron chi connectivity index (χ4n) is 5.44. The lowest BCUT2D eigenvalue weighted by molar-refractivity contribution is -0.119. The van der Waals surface area contributed by atoms with Gasteiger partial charge < -0.3 is 31.1 Å². The number of aliphatic hydroxyl groups excluding tert-OH is 1. The lowest BCUT2D eigenvalue weighted by atomic mass is 10.00. The van der Waals surface area contributed by atoms with Gasteiger partial charge in [-0.3, -0.25) is 9.78 Å². The summed E-state index contributed by atoms with van der Waals surface area (Å²) in [7, 11) is 1.65. The molecule has 3 heterocycles. The summed E-state index contributed by atoms with van der Waals surface area (Å²) in [5, 5.41) is 22.2. The lowest BCUT2D eigenvalue weighted by Gasteiger charge is -2.16. The molecular formula is C34H37Cl2FN6O3. The zero-order valence-electron chi connectivity index (χ0n) is 25.5. The molecule has 2 aromatic carbocycles. The molecule has 0 unspecified atom stereocenters. The number of benzene rings is 2. The van der Waals surface area contributed by atoms with Gasteiger partial charge in [0.15, 0.2) is 11.6 Å². The van der Waals surface area contributed by atoms with E-state index in [1.165, 1.54) is 6.20 Å². The third-order valence-electron chi connectivity index (χ3n) is 7.84. The molecule has 1 amide bonds. The van der Waals surface area contributed by atoms with Gasteiger partial charge in [-0.2, -0.15) is 0 Å². The molecule has 1 aliphatic heterocycles. The van der Waals surface area contributed by atoms with Crippen LogP contribution in [0.3, 0.4) is 0 Å². The number of nitrogens with one attached hydrogen (secondary N) is 4. The maximum Gasteiger partial charge on any atom is 0.220 e. The minimum atomic E-state index is -0.508. The summed E-state index contributed by atoms with van der Waals surface area (Å²) >= 11 is 13.8. The van der Waals surface area contributed by atoms with Crippen molar-refractivity contribution in [2.45, 2.75) is 38.3 Å². The molecule has 0 saturated carbocycles. The van der Waals surface area contributed by atoms with Crippen molar-refractivity contribution >= 4 is 40.6 Å². The highest BCUT2D eigenvalue weighted by molar-refractivity contribution is 6.39. The second kappa shape index (κ2) is 16.2. The molecule has 2 aromatic heterocycles. The summed E-state index contributed by atoms with van der Waals surface area (Å²) in [6.07, 6.45) is 6.41. The molecule has 0 spiro atoms. The van der Waals surface area contributed by atoms with E-state index in [-0.39, 0.29) is 30.9 Å². The van der Waals surface area contributed by atoms with E-state index in [9.17, 15) is 4.79 Å². The van der Waals surface area contributed by atoms with Crippen LogP contribution in [-0.4, -0.2) is 60.4 Å². The Balaban J connectivity index is 1.31. The summed E-state index contributed by atoms with van der Waals surface area (Å²) in [6.45, 7) is 2.17. The van der Waals surface area contributed by atoms with Crippen LogP contribution in [0.1, 0.15) is 30.4 Å². The van der Waals surface area contributed by atoms with E-state index in [4.69, 9.17) is 33.0 Å². The minimum Gasteiger partial charge on any atom is -0.496 e. The molecule has 5 rings (SSSR count). The normalized spacial score (nSPS) is 14.4. The number of hydrogen-bond donors (Lipinski definition) is 5. The maximum atomic E-state index is 15.2. The van der Waals surface area contributed by atoms with E-state index >= 15 is 4.39 Å². The molecule has 46 heavy (non-hydrogen) atoms. The van der Waals surface area contributed by atoms with Crippen molar-refractivity contribution in [3.8, 4) is 28.1 Å². The molecular weight excluding hydrogens is 630 g/mol. The van der Waals surface area contributed by atoms with Gasteiger partial charge in [-0.1, -0.05) is 47.5 Å². The first-order valence-corrected chi connectivity index (χ1v) is 16.0. The van der Waals surface area contributed by atoms with Crippen molar-refractivity contribution in [3.05, 3.63) is 87.9 Å². The quantitative estimate of drug-likeness (QED) is 0.0997. The van der Waals surface area contributed by atoms with Crippen LogP contribution < -0.4 is 26.0 Å². The number of anilines is 2. The largest absolute Gasteiger partial charge is 0.496 e. The summed E-state index contributed by atoms with van der Waals surface area (Å²) in [5.41, 5.74) is 4.64. The summed E-state index contributed by atoms with van der Waals surface area (Å²) < 4.78 is 20.9. The monoisotopic (exact) mass is 666 g/mol. The Hall–Kier alpha value is -3.80. The average molecular weight is 668 g/mol. The Morgan fingerprint density at radius 3 is 2.63 bits per heavy atom. The highest BCUT2D eigenvalue weighted by Crippen LogP contribution is 2.42. The molecule has 0 bridgehead atoms. The van der Waals surface area contributed by atoms with Crippen LogP contribution >= 0.6 is 23.2 Å². The number of aryl methyl sites for hydroxylation is 1. The van der Waals surface area contributed by atoms with Gasteiger partial charge in [0.05, 0.1) is 35.1 Å². The smallest absolute Gasteiger partial charge is 0.220 e. The number of carbonyl (C=O) groups excluding carboxylic acids is 1. The zero-order valence-corrected chi connectivity index (χ0v) is 27.0. The molecule has 1 fully saturated rings. The van der Waals surface area contributed by atoms with Crippen LogP contribution in [0.15, 0.2) is 60.9 Å². The molecule has 242 valence electrons. The van der Waals surface area contributed by atoms with E-state index < -0.39 is 5.82 Å². The van der Waals surface area contributed by atoms with Gasteiger partial charge >= 0.3 is 0 Å². The molecule has 4 aromatic rings. The number of pyridine rings is 2. The molecule has 12 heteroatoms. The van der Waals surface area contributed by atoms with Crippen LogP contribution in [0.2, 0.25) is 10.0 Å². The number of rotatable bonds is 15. The van der Waals surface area contributed by atoms with Crippen LogP contribution in [-0.2, 0) is 17.8 Å². The summed E-state index contributed by atoms with van der Waals surface area (Å²) in [6, 6.07) is 14.9. The molecule has 1 saturated heterocycles. The van der Waals surface area contributed by atoms with E-state index in [2.05, 4.69) is 31.2 Å². The molecule has 0 radical (unpaired) electrons. The van der Waals surface area contributed by atoms with Crippen LogP contribution in [0, 0.1) is 5.82 Å². The number of nitrogens with zero attached hydrogens (tertiary/aromatic N) is 2. The predicted octanol–water partition coefficient (Wildman–Crippen LogP) is 5.89. The predicted molar refractivity (Wildman–Crippen MR) is 180 cm³/mol. The Bertz CT molecular complexity index is 1670. The second-order valence-electron chi connectivity index (χ2n) is 11.0. The van der Waals surface area contributed by atoms with E-state index in [0.29, 0.717) is 51.1 Å². The van der Waals surface area contributed by atoms with Gasteiger partial charge in [0.2, 0.25) is 5.91 Å². The van der Waals surface area contributed by atoms with Gasteiger partial charge in [0.25, 0.3) is 0 Å². The van der Waals surface area contributed by atoms with Crippen LogP contribution in [0.25, 0.3) is 22.4 Å². The van der Waals surface area contributed by atoms with Gasteiger partial charge in [-0.05, 0) is 55.6 Å². The third kappa shape index (κ3) is 8.12. The van der Waals surface area contributed by atoms with Crippen LogP contribution in [0.5, 0.6) is 5.75 Å². The Kier molecular flexibility index (Phi) is 11.8. The number of hydrogen-bond acceptors (Lipinski definition) is 8. The highest BCUT2D eigenvalue weighted by Gasteiger charge is 2.20. The Labute approximate surface area is 277 Å². The SMILES string of the molecule is COc1cc(-c2nccc(-c3cccc(Nc4nccc(CNCCO)c4F)c3Cl)c2Cl)ccc1CCCNC[C@@H]1CCC(=O)N1. The van der Waals surface area contributed by atoms with Crippen molar-refractivity contribution < 1.29 is 19.0 Å². The molecule has 0 aliphatic carbocycles. The number of halogens is 3. The standard InChI is InChI=1S/C34H37Cl2FN6O3/c1-46-28-18-22(8-7-21(28)4-3-13-38-20-24-9-10-29(45)42-24)33-31(36)26(12-15-40-33)25-5-2-6-27(30(25)35)43-34-32(37)23(11-14-41-34)19-39-16-17-44/h2,5-8,11-12,14-15,18,24,38-39,44H,3-4,9-10,13,16-17,19-20H2,1H3,(H,41,43)(H,42,45)/t24-/m0/s1. The lowest BCUT2D eigenvalue weighted by Crippen LogP contribution is -2.36. The Morgan fingerprint density at radius 2 is 1.85 bits per heavy atom. The molecule has 1 aliphatic rings. The number of aliphatic hydroxyl groups is 1. The number of methoxy groups -OCH3 is 1. The first-order valence-electron chi connectivity index (χ1n) is 15.2. The van der Waals surface area contributed by atoms with E-state index in [0.717, 1.165) is 49.2 Å². The van der Waals surface area contributed by atoms with Crippen molar-refractivity contribution in [2.24, 2.45) is 0 Å². The fraction of sp³-hybridized carbons (Fsp3) is 0.324. The molecule has 9 nitrogen and oxygen atoms in total. The summed E-state index contributed by atoms with van der Waals surface area (Å²) in [4.78, 5) is 20.1. The first-order chi connectivity index (χ1) is 22.4. The molecule has 1 atom stereocenters. The van der Waals surface area contributed by atoms with Crippen molar-refractivity contribution in [1.29, 1.82) is 0 Å². The number of ether oxygens (including phenoxy) is 1. The third-order valence-corrected chi connectivity index (χ3v) is 8.63. The molecule has 5 N–H and O–H groups in total. The van der Waals surface area contributed by atoms with Crippen molar-refractivity contribution in [1.82, 2.24) is 25.9 Å². The van der Waals surface area contributed by atoms with E-state index in [1.807, 2.05) is 24.3 Å². The number of amides is 1. The fourth-order valence-corrected chi connectivity index (χ4v) is 6.03. The highest BCUT2D eigenvalue weighted by atomic mass is 35.5.